The van der Waals surface area contributed by atoms with E-state index in [1.165, 1.54) is 0 Å². The van der Waals surface area contributed by atoms with Crippen LogP contribution in [0.2, 0.25) is 19.6 Å². The summed E-state index contributed by atoms with van der Waals surface area (Å²) in [5.41, 5.74) is 3.33. The number of rotatable bonds is 2. The van der Waals surface area contributed by atoms with Crippen molar-refractivity contribution in [1.82, 2.24) is 0 Å². The van der Waals surface area contributed by atoms with Gasteiger partial charge < -0.3 is 9.84 Å². The minimum absolute atomic E-state index is 0.0636. The third kappa shape index (κ3) is 4.27. The highest BCUT2D eigenvalue weighted by molar-refractivity contribution is 6.83. The van der Waals surface area contributed by atoms with Crippen LogP contribution in [0.25, 0.3) is 0 Å². The van der Waals surface area contributed by atoms with Crippen molar-refractivity contribution < 1.29 is 9.84 Å². The Morgan fingerprint density at radius 2 is 1.93 bits per heavy atom. The molecule has 0 aromatic heterocycles. The van der Waals surface area contributed by atoms with Gasteiger partial charge in [-0.25, -0.2) is 0 Å². The number of ether oxygens (including phenoxy) is 1. The Bertz CT molecular complexity index is 234. The van der Waals surface area contributed by atoms with Crippen molar-refractivity contribution in [3.63, 3.8) is 0 Å². The van der Waals surface area contributed by atoms with E-state index >= 15 is 0 Å². The Labute approximate surface area is 87.7 Å². The monoisotopic (exact) mass is 212 g/mol. The lowest BCUT2D eigenvalue weighted by Gasteiger charge is -2.09. The van der Waals surface area contributed by atoms with Gasteiger partial charge in [0.15, 0.2) is 0 Å². The molecule has 2 nitrogen and oxygen atoms in total. The molecule has 0 spiro atoms. The highest BCUT2D eigenvalue weighted by atomic mass is 28.3. The summed E-state index contributed by atoms with van der Waals surface area (Å²) in [6, 6.07) is 0. The van der Waals surface area contributed by atoms with Gasteiger partial charge in [-0.2, -0.15) is 0 Å². The van der Waals surface area contributed by atoms with Gasteiger partial charge in [0.1, 0.15) is 8.07 Å². The molecule has 0 unspecified atom stereocenters. The Morgan fingerprint density at radius 1 is 1.29 bits per heavy atom. The van der Waals surface area contributed by atoms with E-state index in [0.29, 0.717) is 0 Å². The van der Waals surface area contributed by atoms with Gasteiger partial charge in [-0.05, 0) is 12.8 Å². The van der Waals surface area contributed by atoms with Crippen molar-refractivity contribution in [1.29, 1.82) is 0 Å². The van der Waals surface area contributed by atoms with Crippen molar-refractivity contribution in [2.75, 3.05) is 6.61 Å². The van der Waals surface area contributed by atoms with E-state index in [2.05, 4.69) is 31.1 Å². The molecule has 3 heteroatoms. The van der Waals surface area contributed by atoms with E-state index in [1.807, 2.05) is 0 Å². The van der Waals surface area contributed by atoms with Crippen LogP contribution in [0.5, 0.6) is 0 Å². The zero-order valence-electron chi connectivity index (χ0n) is 9.34. The predicted octanol–water partition coefficient (Wildman–Crippen LogP) is 1.80. The summed E-state index contributed by atoms with van der Waals surface area (Å²) >= 11 is 0. The second-order valence-corrected chi connectivity index (χ2v) is 9.65. The van der Waals surface area contributed by atoms with E-state index in [0.717, 1.165) is 19.3 Å². The fourth-order valence-corrected chi connectivity index (χ4v) is 2.13. The maximum atomic E-state index is 8.88. The molecule has 2 atom stereocenters. The molecule has 1 N–H and O–H groups in total. The van der Waals surface area contributed by atoms with Crippen LogP contribution in [0.4, 0.5) is 0 Å². The molecule has 1 saturated heterocycles. The average Bonchev–Trinajstić information content (AvgIpc) is 2.50. The minimum atomic E-state index is -1.22. The summed E-state index contributed by atoms with van der Waals surface area (Å²) in [5.74, 6) is 3.22. The van der Waals surface area contributed by atoms with E-state index in [1.54, 1.807) is 0 Å². The van der Waals surface area contributed by atoms with Crippen molar-refractivity contribution in [2.24, 2.45) is 0 Å². The maximum Gasteiger partial charge on any atom is 0.129 e. The van der Waals surface area contributed by atoms with Crippen molar-refractivity contribution in [2.45, 2.75) is 51.1 Å². The Morgan fingerprint density at radius 3 is 2.43 bits per heavy atom. The summed E-state index contributed by atoms with van der Waals surface area (Å²) in [4.78, 5) is 0. The molecular weight excluding hydrogens is 192 g/mol. The largest absolute Gasteiger partial charge is 0.394 e. The maximum absolute atomic E-state index is 8.88. The van der Waals surface area contributed by atoms with Gasteiger partial charge in [-0.3, -0.25) is 0 Å². The summed E-state index contributed by atoms with van der Waals surface area (Å²) in [7, 11) is -1.22. The molecule has 0 aliphatic carbocycles. The second kappa shape index (κ2) is 4.97. The van der Waals surface area contributed by atoms with Crippen LogP contribution in [-0.4, -0.2) is 32.0 Å². The quantitative estimate of drug-likeness (QED) is 0.558. The first-order valence-electron chi connectivity index (χ1n) is 5.27. The highest BCUT2D eigenvalue weighted by Crippen LogP contribution is 2.21. The lowest BCUT2D eigenvalue weighted by atomic mass is 10.1. The fraction of sp³-hybridized carbons (Fsp3) is 0.818. The zero-order valence-corrected chi connectivity index (χ0v) is 10.3. The Balaban J connectivity index is 2.29. The first kappa shape index (κ1) is 11.8. The van der Waals surface area contributed by atoms with Gasteiger partial charge in [0, 0.05) is 6.42 Å². The Kier molecular flexibility index (Phi) is 4.18. The van der Waals surface area contributed by atoms with Gasteiger partial charge in [-0.1, -0.05) is 19.6 Å². The van der Waals surface area contributed by atoms with Crippen LogP contribution in [0.3, 0.4) is 0 Å². The third-order valence-corrected chi connectivity index (χ3v) is 3.12. The molecule has 0 saturated carbocycles. The van der Waals surface area contributed by atoms with Gasteiger partial charge in [0.05, 0.1) is 18.8 Å². The molecule has 0 aromatic rings. The highest BCUT2D eigenvalue weighted by Gasteiger charge is 2.23. The van der Waals surface area contributed by atoms with Gasteiger partial charge in [-0.15, -0.1) is 11.5 Å². The Hall–Kier alpha value is -0.303. The van der Waals surface area contributed by atoms with Crippen molar-refractivity contribution in [3.8, 4) is 11.5 Å². The molecule has 1 aliphatic heterocycles. The first-order valence-corrected chi connectivity index (χ1v) is 8.77. The zero-order chi connectivity index (χ0) is 10.6. The summed E-state index contributed by atoms with van der Waals surface area (Å²) in [6.45, 7) is 6.88. The van der Waals surface area contributed by atoms with Crippen molar-refractivity contribution >= 4 is 8.07 Å². The van der Waals surface area contributed by atoms with E-state index in [-0.39, 0.29) is 18.8 Å². The van der Waals surface area contributed by atoms with Crippen LogP contribution < -0.4 is 0 Å². The lowest BCUT2D eigenvalue weighted by molar-refractivity contribution is 0.0142. The molecule has 1 rings (SSSR count). The fourth-order valence-electron chi connectivity index (χ4n) is 1.49. The topological polar surface area (TPSA) is 29.5 Å². The number of aliphatic hydroxyl groups excluding tert-OH is 1. The number of hydrogen-bond acceptors (Lipinski definition) is 2. The molecule has 1 fully saturated rings. The lowest BCUT2D eigenvalue weighted by Crippen LogP contribution is -2.17. The number of hydrogen-bond donors (Lipinski definition) is 1. The molecule has 1 heterocycles. The number of aliphatic hydroxyl groups is 1. The molecule has 0 amide bonds. The minimum Gasteiger partial charge on any atom is -0.394 e. The molecule has 0 bridgehead atoms. The smallest absolute Gasteiger partial charge is 0.129 e. The molecule has 1 aliphatic rings. The molecule has 0 radical (unpaired) electrons. The normalized spacial score (nSPS) is 27.1. The van der Waals surface area contributed by atoms with Crippen LogP contribution in [0, 0.1) is 11.5 Å². The summed E-state index contributed by atoms with van der Waals surface area (Å²) in [5, 5.41) is 8.88. The standard InChI is InChI=1S/C11H20O2Si/c1-14(2,3)8-4-5-10-6-7-11(9-12)13-10/h10-12H,5-7,9H2,1-3H3/t10-,11-/m0/s1. The van der Waals surface area contributed by atoms with Crippen LogP contribution in [-0.2, 0) is 4.74 Å². The first-order chi connectivity index (χ1) is 6.51. The average molecular weight is 212 g/mol. The predicted molar refractivity (Wildman–Crippen MR) is 60.7 cm³/mol. The SMILES string of the molecule is C[Si](C)(C)C#CC[C@H]1CC[C@@H](CO)O1. The van der Waals surface area contributed by atoms with Gasteiger partial charge in [0.25, 0.3) is 0 Å². The third-order valence-electron chi connectivity index (χ3n) is 2.19. The van der Waals surface area contributed by atoms with E-state index in [4.69, 9.17) is 9.84 Å². The van der Waals surface area contributed by atoms with E-state index in [9.17, 15) is 0 Å². The van der Waals surface area contributed by atoms with Gasteiger partial charge in [0.2, 0.25) is 0 Å². The van der Waals surface area contributed by atoms with Crippen LogP contribution >= 0.6 is 0 Å². The molecule has 0 aromatic carbocycles. The summed E-state index contributed by atoms with van der Waals surface area (Å²) in [6.07, 6.45) is 3.19. The summed E-state index contributed by atoms with van der Waals surface area (Å²) < 4.78 is 5.59. The van der Waals surface area contributed by atoms with E-state index < -0.39 is 8.07 Å². The molecule has 80 valence electrons. The van der Waals surface area contributed by atoms with Gasteiger partial charge >= 0.3 is 0 Å². The second-order valence-electron chi connectivity index (χ2n) is 4.90. The molecular formula is C11H20O2Si. The van der Waals surface area contributed by atoms with Crippen LogP contribution in [0.1, 0.15) is 19.3 Å². The van der Waals surface area contributed by atoms with Crippen LogP contribution in [0.15, 0.2) is 0 Å². The van der Waals surface area contributed by atoms with Crippen molar-refractivity contribution in [3.05, 3.63) is 0 Å². The molecule has 14 heavy (non-hydrogen) atoms.